The molecular formula is C20H30N2O3. The number of carbonyl (C=O) groups is 1. The van der Waals surface area contributed by atoms with Crippen molar-refractivity contribution in [2.24, 2.45) is 11.8 Å². The van der Waals surface area contributed by atoms with Gasteiger partial charge in [-0.2, -0.15) is 0 Å². The smallest absolute Gasteiger partial charge is 0.234 e. The molecule has 2 aliphatic rings. The molecule has 1 aromatic rings. The number of amides is 1. The highest BCUT2D eigenvalue weighted by Gasteiger charge is 2.31. The van der Waals surface area contributed by atoms with Crippen LogP contribution in [0, 0.1) is 11.8 Å². The van der Waals surface area contributed by atoms with Crippen molar-refractivity contribution in [2.75, 3.05) is 33.9 Å². The summed E-state index contributed by atoms with van der Waals surface area (Å²) >= 11 is 0. The predicted molar refractivity (Wildman–Crippen MR) is 97.9 cm³/mol. The fourth-order valence-corrected chi connectivity index (χ4v) is 4.27. The van der Waals surface area contributed by atoms with Crippen LogP contribution in [0.25, 0.3) is 0 Å². The molecule has 1 saturated heterocycles. The summed E-state index contributed by atoms with van der Waals surface area (Å²) in [6.45, 7) is 3.18. The first-order chi connectivity index (χ1) is 12.2. The minimum Gasteiger partial charge on any atom is -0.493 e. The third-order valence-corrected chi connectivity index (χ3v) is 5.68. The number of rotatable bonds is 6. The zero-order valence-electron chi connectivity index (χ0n) is 15.4. The second kappa shape index (κ2) is 8.56. The van der Waals surface area contributed by atoms with Crippen molar-refractivity contribution in [3.8, 4) is 11.5 Å². The number of piperidine rings is 1. The molecule has 0 spiro atoms. The number of carbonyl (C=O) groups excluding carboxylic acids is 1. The van der Waals surface area contributed by atoms with Crippen LogP contribution in [0.5, 0.6) is 11.5 Å². The van der Waals surface area contributed by atoms with Gasteiger partial charge < -0.3 is 14.8 Å². The highest BCUT2D eigenvalue weighted by molar-refractivity contribution is 5.78. The van der Waals surface area contributed by atoms with E-state index in [9.17, 15) is 4.79 Å². The Kier molecular flexibility index (Phi) is 6.19. The van der Waals surface area contributed by atoms with E-state index in [2.05, 4.69) is 10.2 Å². The zero-order valence-corrected chi connectivity index (χ0v) is 15.4. The highest BCUT2D eigenvalue weighted by Crippen LogP contribution is 2.35. The lowest BCUT2D eigenvalue weighted by Crippen LogP contribution is -2.46. The standard InChI is InChI=1S/C20H30N2O3/c1-24-18-8-7-15(11-19(18)25-2)12-21-20(23)14-22-10-9-16-5-3-4-6-17(16)13-22/h7-8,11,16-17H,3-6,9-10,12-14H2,1-2H3,(H,21,23)/t16-,17-/m1/s1. The Morgan fingerprint density at radius 1 is 1.12 bits per heavy atom. The number of hydrogen-bond donors (Lipinski definition) is 1. The fourth-order valence-electron chi connectivity index (χ4n) is 4.27. The van der Waals surface area contributed by atoms with E-state index >= 15 is 0 Å². The Bertz CT molecular complexity index is 590. The maximum absolute atomic E-state index is 12.3. The van der Waals surface area contributed by atoms with Gasteiger partial charge in [0.15, 0.2) is 11.5 Å². The van der Waals surface area contributed by atoms with Crippen LogP contribution in [0.1, 0.15) is 37.7 Å². The van der Waals surface area contributed by atoms with Crippen molar-refractivity contribution in [2.45, 2.75) is 38.6 Å². The van der Waals surface area contributed by atoms with Crippen molar-refractivity contribution >= 4 is 5.91 Å². The molecule has 1 aliphatic heterocycles. The number of benzene rings is 1. The van der Waals surface area contributed by atoms with Gasteiger partial charge in [-0.1, -0.05) is 25.3 Å². The van der Waals surface area contributed by atoms with Crippen LogP contribution in [0.2, 0.25) is 0 Å². The molecular weight excluding hydrogens is 316 g/mol. The molecule has 5 nitrogen and oxygen atoms in total. The molecule has 0 aromatic heterocycles. The number of fused-ring (bicyclic) bond motifs is 1. The van der Waals surface area contributed by atoms with E-state index in [0.29, 0.717) is 24.6 Å². The molecule has 1 saturated carbocycles. The lowest BCUT2D eigenvalue weighted by molar-refractivity contribution is -0.123. The van der Waals surface area contributed by atoms with Crippen LogP contribution in [-0.2, 0) is 11.3 Å². The molecule has 1 heterocycles. The molecule has 0 bridgehead atoms. The van der Waals surface area contributed by atoms with Gasteiger partial charge >= 0.3 is 0 Å². The Hall–Kier alpha value is -1.75. The molecule has 0 radical (unpaired) electrons. The first-order valence-corrected chi connectivity index (χ1v) is 9.39. The summed E-state index contributed by atoms with van der Waals surface area (Å²) in [6.07, 6.45) is 6.75. The van der Waals surface area contributed by atoms with E-state index in [1.165, 1.54) is 32.1 Å². The number of methoxy groups -OCH3 is 2. The predicted octanol–water partition coefficient (Wildman–Crippen LogP) is 2.83. The third kappa shape index (κ3) is 4.66. The van der Waals surface area contributed by atoms with E-state index in [1.807, 2.05) is 18.2 Å². The average molecular weight is 346 g/mol. The molecule has 1 N–H and O–H groups in total. The van der Waals surface area contributed by atoms with Gasteiger partial charge in [0.2, 0.25) is 5.91 Å². The van der Waals surface area contributed by atoms with Gasteiger partial charge in [-0.15, -0.1) is 0 Å². The van der Waals surface area contributed by atoms with Gasteiger partial charge in [0, 0.05) is 13.1 Å². The lowest BCUT2D eigenvalue weighted by atomic mass is 9.75. The van der Waals surface area contributed by atoms with Crippen molar-refractivity contribution in [1.29, 1.82) is 0 Å². The summed E-state index contributed by atoms with van der Waals surface area (Å²) in [7, 11) is 3.24. The number of nitrogens with one attached hydrogen (secondary N) is 1. The molecule has 1 amide bonds. The second-order valence-electron chi connectivity index (χ2n) is 7.29. The first-order valence-electron chi connectivity index (χ1n) is 9.39. The quantitative estimate of drug-likeness (QED) is 0.860. The van der Waals surface area contributed by atoms with E-state index in [4.69, 9.17) is 9.47 Å². The third-order valence-electron chi connectivity index (χ3n) is 5.68. The molecule has 3 rings (SSSR count). The Balaban J connectivity index is 1.46. The average Bonchev–Trinajstić information content (AvgIpc) is 2.66. The van der Waals surface area contributed by atoms with E-state index < -0.39 is 0 Å². The van der Waals surface area contributed by atoms with Crippen LogP contribution < -0.4 is 14.8 Å². The maximum Gasteiger partial charge on any atom is 0.234 e. The molecule has 0 unspecified atom stereocenters. The van der Waals surface area contributed by atoms with Crippen molar-refractivity contribution < 1.29 is 14.3 Å². The lowest BCUT2D eigenvalue weighted by Gasteiger charge is -2.41. The van der Waals surface area contributed by atoms with Crippen LogP contribution in [0.3, 0.4) is 0 Å². The van der Waals surface area contributed by atoms with Crippen LogP contribution in [0.15, 0.2) is 18.2 Å². The van der Waals surface area contributed by atoms with E-state index in [-0.39, 0.29) is 5.91 Å². The van der Waals surface area contributed by atoms with E-state index in [0.717, 1.165) is 30.5 Å². The Labute approximate surface area is 150 Å². The normalized spacial score (nSPS) is 23.6. The highest BCUT2D eigenvalue weighted by atomic mass is 16.5. The van der Waals surface area contributed by atoms with Crippen molar-refractivity contribution in [1.82, 2.24) is 10.2 Å². The second-order valence-corrected chi connectivity index (χ2v) is 7.29. The Morgan fingerprint density at radius 2 is 1.88 bits per heavy atom. The number of ether oxygens (including phenoxy) is 2. The first kappa shape index (κ1) is 18.1. The fraction of sp³-hybridized carbons (Fsp3) is 0.650. The van der Waals surface area contributed by atoms with Crippen LogP contribution in [0.4, 0.5) is 0 Å². The molecule has 1 aromatic carbocycles. The minimum atomic E-state index is 0.101. The largest absolute Gasteiger partial charge is 0.493 e. The van der Waals surface area contributed by atoms with Crippen LogP contribution >= 0.6 is 0 Å². The van der Waals surface area contributed by atoms with Gasteiger partial charge in [-0.05, 0) is 48.9 Å². The molecule has 1 aliphatic carbocycles. The van der Waals surface area contributed by atoms with Crippen molar-refractivity contribution in [3.63, 3.8) is 0 Å². The summed E-state index contributed by atoms with van der Waals surface area (Å²) in [5.41, 5.74) is 1.01. The van der Waals surface area contributed by atoms with Gasteiger partial charge in [0.05, 0.1) is 20.8 Å². The summed E-state index contributed by atoms with van der Waals surface area (Å²) in [6, 6.07) is 5.73. The summed E-state index contributed by atoms with van der Waals surface area (Å²) in [4.78, 5) is 14.6. The molecule has 25 heavy (non-hydrogen) atoms. The zero-order chi connectivity index (χ0) is 17.6. The summed E-state index contributed by atoms with van der Waals surface area (Å²) in [5, 5.41) is 3.03. The maximum atomic E-state index is 12.3. The molecule has 2 atom stereocenters. The number of likely N-dealkylation sites (tertiary alicyclic amines) is 1. The molecule has 5 heteroatoms. The molecule has 138 valence electrons. The van der Waals surface area contributed by atoms with Gasteiger partial charge in [0.1, 0.15) is 0 Å². The summed E-state index contributed by atoms with van der Waals surface area (Å²) in [5.74, 6) is 3.20. The number of nitrogens with zero attached hydrogens (tertiary/aromatic N) is 1. The van der Waals surface area contributed by atoms with Crippen molar-refractivity contribution in [3.05, 3.63) is 23.8 Å². The van der Waals surface area contributed by atoms with Gasteiger partial charge in [-0.25, -0.2) is 0 Å². The number of hydrogen-bond acceptors (Lipinski definition) is 4. The van der Waals surface area contributed by atoms with E-state index in [1.54, 1.807) is 14.2 Å². The summed E-state index contributed by atoms with van der Waals surface area (Å²) < 4.78 is 10.6. The SMILES string of the molecule is COc1ccc(CNC(=O)CN2CC[C@H]3CCCC[C@@H]3C2)cc1OC. The van der Waals surface area contributed by atoms with Crippen LogP contribution in [-0.4, -0.2) is 44.7 Å². The van der Waals surface area contributed by atoms with Gasteiger partial charge in [0.25, 0.3) is 0 Å². The topological polar surface area (TPSA) is 50.8 Å². The molecule has 2 fully saturated rings. The Morgan fingerprint density at radius 3 is 2.64 bits per heavy atom. The van der Waals surface area contributed by atoms with Gasteiger partial charge in [-0.3, -0.25) is 9.69 Å². The monoisotopic (exact) mass is 346 g/mol. The minimum absolute atomic E-state index is 0.101.